The Labute approximate surface area is 164 Å². The van der Waals surface area contributed by atoms with E-state index in [2.05, 4.69) is 18.2 Å². The van der Waals surface area contributed by atoms with Crippen molar-refractivity contribution < 1.29 is 9.59 Å². The average molecular weight is 383 g/mol. The lowest BCUT2D eigenvalue weighted by Gasteiger charge is -2.36. The number of rotatable bonds is 2. The van der Waals surface area contributed by atoms with Crippen molar-refractivity contribution in [2.24, 2.45) is 5.92 Å². The van der Waals surface area contributed by atoms with E-state index in [9.17, 15) is 9.59 Å². The normalized spacial score (nSPS) is 19.5. The summed E-state index contributed by atoms with van der Waals surface area (Å²) in [5.41, 5.74) is 3.20. The van der Waals surface area contributed by atoms with Crippen LogP contribution in [-0.2, 0) is 17.8 Å². The lowest BCUT2D eigenvalue weighted by Crippen LogP contribution is -2.47. The lowest BCUT2D eigenvalue weighted by molar-refractivity contribution is -0.137. The molecule has 0 unspecified atom stereocenters. The van der Waals surface area contributed by atoms with E-state index < -0.39 is 0 Å². The molecule has 0 saturated carbocycles. The number of amides is 2. The van der Waals surface area contributed by atoms with E-state index >= 15 is 0 Å². The Balaban J connectivity index is 1.43. The molecular weight excluding hydrogens is 360 g/mol. The van der Waals surface area contributed by atoms with E-state index in [1.807, 2.05) is 15.9 Å². The van der Waals surface area contributed by atoms with Crippen LogP contribution in [0.4, 0.5) is 0 Å². The summed E-state index contributed by atoms with van der Waals surface area (Å²) in [5, 5.41) is 0.614. The van der Waals surface area contributed by atoms with E-state index in [-0.39, 0.29) is 17.7 Å². The highest BCUT2D eigenvalue weighted by Crippen LogP contribution is 2.25. The Morgan fingerprint density at radius 1 is 0.926 bits per heavy atom. The minimum absolute atomic E-state index is 0.0202. The topological polar surface area (TPSA) is 40.6 Å². The quantitative estimate of drug-likeness (QED) is 0.793. The van der Waals surface area contributed by atoms with Crippen LogP contribution in [-0.4, -0.2) is 41.2 Å². The SMILES string of the molecule is O=C(c1ccc(Cl)cc1)N1CCC[C@@H](C(=O)N2CCc3ccccc3C2)C1. The Kier molecular flexibility index (Phi) is 5.17. The second kappa shape index (κ2) is 7.73. The number of carbonyl (C=O) groups excluding carboxylic acids is 2. The van der Waals surface area contributed by atoms with Gasteiger partial charge in [0.15, 0.2) is 0 Å². The van der Waals surface area contributed by atoms with Crippen molar-refractivity contribution in [3.8, 4) is 0 Å². The van der Waals surface area contributed by atoms with Crippen LogP contribution in [0.3, 0.4) is 0 Å². The van der Waals surface area contributed by atoms with Gasteiger partial charge in [0, 0.05) is 36.8 Å². The molecule has 2 aromatic rings. The van der Waals surface area contributed by atoms with Crippen molar-refractivity contribution in [1.82, 2.24) is 9.80 Å². The third-order valence-corrected chi connectivity index (χ3v) is 5.84. The molecule has 1 atom stereocenters. The Hall–Kier alpha value is -2.33. The number of hydrogen-bond donors (Lipinski definition) is 0. The van der Waals surface area contributed by atoms with Gasteiger partial charge in [-0.25, -0.2) is 0 Å². The minimum Gasteiger partial charge on any atom is -0.338 e. The van der Waals surface area contributed by atoms with Gasteiger partial charge in [0.05, 0.1) is 5.92 Å². The zero-order chi connectivity index (χ0) is 18.8. The molecule has 27 heavy (non-hydrogen) atoms. The minimum atomic E-state index is -0.111. The number of hydrogen-bond acceptors (Lipinski definition) is 2. The monoisotopic (exact) mass is 382 g/mol. The molecule has 4 rings (SSSR count). The molecule has 1 saturated heterocycles. The van der Waals surface area contributed by atoms with E-state index in [1.54, 1.807) is 24.3 Å². The maximum atomic E-state index is 13.1. The predicted molar refractivity (Wildman–Crippen MR) is 106 cm³/mol. The molecule has 0 radical (unpaired) electrons. The number of carbonyl (C=O) groups is 2. The van der Waals surface area contributed by atoms with E-state index in [1.165, 1.54) is 11.1 Å². The van der Waals surface area contributed by atoms with Crippen molar-refractivity contribution in [1.29, 1.82) is 0 Å². The van der Waals surface area contributed by atoms with Crippen LogP contribution in [0.5, 0.6) is 0 Å². The number of benzene rings is 2. The maximum absolute atomic E-state index is 13.1. The first kappa shape index (κ1) is 18.1. The van der Waals surface area contributed by atoms with Crippen LogP contribution < -0.4 is 0 Å². The van der Waals surface area contributed by atoms with Crippen LogP contribution >= 0.6 is 11.6 Å². The number of nitrogens with zero attached hydrogens (tertiary/aromatic N) is 2. The lowest BCUT2D eigenvalue weighted by atomic mass is 9.93. The first-order valence-corrected chi connectivity index (χ1v) is 9.90. The van der Waals surface area contributed by atoms with Crippen LogP contribution in [0.15, 0.2) is 48.5 Å². The number of fused-ring (bicyclic) bond motifs is 1. The molecule has 5 heteroatoms. The summed E-state index contributed by atoms with van der Waals surface area (Å²) in [6, 6.07) is 15.3. The molecule has 0 bridgehead atoms. The van der Waals surface area contributed by atoms with Crippen molar-refractivity contribution >= 4 is 23.4 Å². The van der Waals surface area contributed by atoms with E-state index in [0.717, 1.165) is 25.8 Å². The molecule has 2 heterocycles. The summed E-state index contributed by atoms with van der Waals surface area (Å²) in [4.78, 5) is 29.6. The molecule has 2 aliphatic heterocycles. The molecule has 2 aromatic carbocycles. The van der Waals surface area contributed by atoms with Gasteiger partial charge in [0.2, 0.25) is 5.91 Å². The second-order valence-electron chi connectivity index (χ2n) is 7.38. The van der Waals surface area contributed by atoms with Gasteiger partial charge in [-0.05, 0) is 54.7 Å². The van der Waals surface area contributed by atoms with Crippen molar-refractivity contribution in [3.63, 3.8) is 0 Å². The summed E-state index contributed by atoms with van der Waals surface area (Å²) in [6.07, 6.45) is 2.61. The molecular formula is C22H23ClN2O2. The highest BCUT2D eigenvalue weighted by Gasteiger charge is 2.32. The fourth-order valence-electron chi connectivity index (χ4n) is 4.08. The Morgan fingerprint density at radius 2 is 1.67 bits per heavy atom. The summed E-state index contributed by atoms with van der Waals surface area (Å²) >= 11 is 5.91. The van der Waals surface area contributed by atoms with Gasteiger partial charge in [0.1, 0.15) is 0 Å². The standard InChI is InChI=1S/C22H23ClN2O2/c23-20-9-7-17(8-10-20)21(26)24-12-3-6-19(15-24)22(27)25-13-11-16-4-1-2-5-18(16)14-25/h1-2,4-5,7-10,19H,3,6,11-15H2/t19-/m1/s1. The highest BCUT2D eigenvalue weighted by atomic mass is 35.5. The van der Waals surface area contributed by atoms with Crippen molar-refractivity contribution in [2.75, 3.05) is 19.6 Å². The Bertz CT molecular complexity index is 850. The number of piperidine rings is 1. The zero-order valence-corrected chi connectivity index (χ0v) is 16.0. The third kappa shape index (κ3) is 3.86. The van der Waals surface area contributed by atoms with Gasteiger partial charge < -0.3 is 9.80 Å². The van der Waals surface area contributed by atoms with Crippen molar-refractivity contribution in [2.45, 2.75) is 25.8 Å². The fraction of sp³-hybridized carbons (Fsp3) is 0.364. The van der Waals surface area contributed by atoms with E-state index in [0.29, 0.717) is 30.2 Å². The second-order valence-corrected chi connectivity index (χ2v) is 7.81. The molecule has 140 valence electrons. The number of likely N-dealkylation sites (tertiary alicyclic amines) is 1. The molecule has 2 amide bonds. The van der Waals surface area contributed by atoms with Crippen LogP contribution in [0.2, 0.25) is 5.02 Å². The summed E-state index contributed by atoms with van der Waals surface area (Å²) in [6.45, 7) is 2.64. The van der Waals surface area contributed by atoms with Gasteiger partial charge in [-0.3, -0.25) is 9.59 Å². The predicted octanol–water partition coefficient (Wildman–Crippen LogP) is 3.78. The van der Waals surface area contributed by atoms with Gasteiger partial charge in [-0.2, -0.15) is 0 Å². The summed E-state index contributed by atoms with van der Waals surface area (Å²) in [5.74, 6) is 0.0477. The molecule has 0 spiro atoms. The number of halogens is 1. The first-order chi connectivity index (χ1) is 13.1. The van der Waals surface area contributed by atoms with Gasteiger partial charge in [-0.1, -0.05) is 35.9 Å². The summed E-state index contributed by atoms with van der Waals surface area (Å²) < 4.78 is 0. The first-order valence-electron chi connectivity index (χ1n) is 9.52. The van der Waals surface area contributed by atoms with Gasteiger partial charge >= 0.3 is 0 Å². The molecule has 0 aliphatic carbocycles. The maximum Gasteiger partial charge on any atom is 0.253 e. The molecule has 0 N–H and O–H groups in total. The third-order valence-electron chi connectivity index (χ3n) is 5.59. The summed E-state index contributed by atoms with van der Waals surface area (Å²) in [7, 11) is 0. The van der Waals surface area contributed by atoms with Gasteiger partial charge in [-0.15, -0.1) is 0 Å². The molecule has 0 aromatic heterocycles. The van der Waals surface area contributed by atoms with Crippen LogP contribution in [0.25, 0.3) is 0 Å². The zero-order valence-electron chi connectivity index (χ0n) is 15.2. The molecule has 2 aliphatic rings. The van der Waals surface area contributed by atoms with Gasteiger partial charge in [0.25, 0.3) is 5.91 Å². The smallest absolute Gasteiger partial charge is 0.253 e. The van der Waals surface area contributed by atoms with Crippen LogP contribution in [0.1, 0.15) is 34.3 Å². The van der Waals surface area contributed by atoms with Crippen molar-refractivity contribution in [3.05, 3.63) is 70.2 Å². The average Bonchev–Trinajstić information content (AvgIpc) is 2.73. The fourth-order valence-corrected chi connectivity index (χ4v) is 4.21. The molecule has 4 nitrogen and oxygen atoms in total. The Morgan fingerprint density at radius 3 is 2.44 bits per heavy atom. The largest absolute Gasteiger partial charge is 0.338 e. The highest BCUT2D eigenvalue weighted by molar-refractivity contribution is 6.30. The van der Waals surface area contributed by atoms with E-state index in [4.69, 9.17) is 11.6 Å². The van der Waals surface area contributed by atoms with Crippen LogP contribution in [0, 0.1) is 5.92 Å². The molecule has 1 fully saturated rings.